The van der Waals surface area contributed by atoms with Crippen molar-refractivity contribution in [1.82, 2.24) is 14.9 Å². The van der Waals surface area contributed by atoms with Crippen LogP contribution in [0, 0.1) is 0 Å². The number of carbonyl (C=O) groups is 1. The Morgan fingerprint density at radius 2 is 1.82 bits per heavy atom. The molecule has 0 saturated carbocycles. The lowest BCUT2D eigenvalue weighted by Gasteiger charge is -2.38. The first kappa shape index (κ1) is 18.0. The molecule has 0 saturated heterocycles. The predicted molar refractivity (Wildman–Crippen MR) is 105 cm³/mol. The molecule has 0 radical (unpaired) electrons. The number of nitrogens with zero attached hydrogens (tertiary/aromatic N) is 3. The van der Waals surface area contributed by atoms with Crippen molar-refractivity contribution in [2.24, 2.45) is 0 Å². The molecule has 1 amide bonds. The van der Waals surface area contributed by atoms with Crippen molar-refractivity contribution >= 4 is 5.91 Å². The Balaban J connectivity index is 1.84. The number of aromatic nitrogens is 2. The van der Waals surface area contributed by atoms with Crippen LogP contribution in [0.15, 0.2) is 61.1 Å². The molecule has 0 bridgehead atoms. The van der Waals surface area contributed by atoms with Gasteiger partial charge in [0.1, 0.15) is 5.69 Å². The van der Waals surface area contributed by atoms with Gasteiger partial charge in [0.2, 0.25) is 0 Å². The highest BCUT2D eigenvalue weighted by atomic mass is 16.5. The van der Waals surface area contributed by atoms with Crippen LogP contribution in [-0.4, -0.2) is 41.5 Å². The molecule has 28 heavy (non-hydrogen) atoms. The van der Waals surface area contributed by atoms with E-state index in [1.54, 1.807) is 20.4 Å². The molecule has 0 unspecified atom stereocenters. The van der Waals surface area contributed by atoms with Crippen LogP contribution >= 0.6 is 0 Å². The molecule has 2 aromatic carbocycles. The number of methoxy groups -OCH3 is 2. The number of carbonyl (C=O) groups excluding carboxylic acids is 1. The predicted octanol–water partition coefficient (Wildman–Crippen LogP) is 3.28. The number of rotatable bonds is 4. The molecule has 2 heterocycles. The molecule has 0 spiro atoms. The highest BCUT2D eigenvalue weighted by molar-refractivity contribution is 5.92. The summed E-state index contributed by atoms with van der Waals surface area (Å²) in [5.74, 6) is 1.21. The SMILES string of the molecule is COc1cc2c(cc1OC)[C@H](c1ccccc1)N(C(=O)c1cnccn1)CC2. The zero-order valence-corrected chi connectivity index (χ0v) is 15.8. The Morgan fingerprint density at radius 1 is 1.07 bits per heavy atom. The van der Waals surface area contributed by atoms with Crippen LogP contribution in [0.4, 0.5) is 0 Å². The van der Waals surface area contributed by atoms with E-state index in [-0.39, 0.29) is 11.9 Å². The van der Waals surface area contributed by atoms with Gasteiger partial charge in [-0.05, 0) is 35.2 Å². The summed E-state index contributed by atoms with van der Waals surface area (Å²) in [4.78, 5) is 23.3. The van der Waals surface area contributed by atoms with E-state index in [1.165, 1.54) is 12.4 Å². The van der Waals surface area contributed by atoms with Gasteiger partial charge in [0.15, 0.2) is 11.5 Å². The molecule has 1 aliphatic heterocycles. The Hall–Kier alpha value is -3.41. The van der Waals surface area contributed by atoms with Gasteiger partial charge in [-0.15, -0.1) is 0 Å². The number of hydrogen-bond donors (Lipinski definition) is 0. The van der Waals surface area contributed by atoms with Crippen molar-refractivity contribution in [3.63, 3.8) is 0 Å². The van der Waals surface area contributed by atoms with Crippen molar-refractivity contribution in [3.05, 3.63) is 83.4 Å². The summed E-state index contributed by atoms with van der Waals surface area (Å²) in [6.07, 6.45) is 5.34. The zero-order chi connectivity index (χ0) is 19.5. The van der Waals surface area contributed by atoms with Gasteiger partial charge in [0.25, 0.3) is 5.91 Å². The summed E-state index contributed by atoms with van der Waals surface area (Å²) in [6, 6.07) is 13.7. The molecule has 1 atom stereocenters. The summed E-state index contributed by atoms with van der Waals surface area (Å²) in [6.45, 7) is 0.581. The molecular formula is C22H21N3O3. The Labute approximate surface area is 163 Å². The number of fused-ring (bicyclic) bond motifs is 1. The lowest BCUT2D eigenvalue weighted by molar-refractivity contribution is 0.0687. The van der Waals surface area contributed by atoms with Crippen molar-refractivity contribution in [1.29, 1.82) is 0 Å². The van der Waals surface area contributed by atoms with Crippen molar-refractivity contribution in [2.75, 3.05) is 20.8 Å². The quantitative estimate of drug-likeness (QED) is 0.700. The average molecular weight is 375 g/mol. The Kier molecular flexibility index (Phi) is 4.93. The van der Waals surface area contributed by atoms with E-state index >= 15 is 0 Å². The molecular weight excluding hydrogens is 354 g/mol. The minimum Gasteiger partial charge on any atom is -0.493 e. The maximum atomic E-state index is 13.2. The fraction of sp³-hybridized carbons (Fsp3) is 0.227. The van der Waals surface area contributed by atoms with E-state index in [2.05, 4.69) is 9.97 Å². The van der Waals surface area contributed by atoms with Crippen LogP contribution in [-0.2, 0) is 6.42 Å². The summed E-state index contributed by atoms with van der Waals surface area (Å²) >= 11 is 0. The number of benzene rings is 2. The van der Waals surface area contributed by atoms with E-state index in [0.29, 0.717) is 23.7 Å². The van der Waals surface area contributed by atoms with Crippen molar-refractivity contribution in [2.45, 2.75) is 12.5 Å². The third kappa shape index (κ3) is 3.17. The molecule has 0 aliphatic carbocycles. The minimum atomic E-state index is -0.237. The maximum absolute atomic E-state index is 13.2. The summed E-state index contributed by atoms with van der Waals surface area (Å²) in [5.41, 5.74) is 3.56. The van der Waals surface area contributed by atoms with Gasteiger partial charge >= 0.3 is 0 Å². The first-order valence-electron chi connectivity index (χ1n) is 9.09. The number of ether oxygens (including phenoxy) is 2. The normalized spacial score (nSPS) is 15.6. The molecule has 1 aromatic heterocycles. The van der Waals surface area contributed by atoms with Crippen LogP contribution in [0.25, 0.3) is 0 Å². The summed E-state index contributed by atoms with van der Waals surface area (Å²) in [7, 11) is 3.25. The molecule has 142 valence electrons. The lowest BCUT2D eigenvalue weighted by atomic mass is 9.87. The second-order valence-corrected chi connectivity index (χ2v) is 6.56. The number of hydrogen-bond acceptors (Lipinski definition) is 5. The van der Waals surface area contributed by atoms with Crippen molar-refractivity contribution in [3.8, 4) is 11.5 Å². The van der Waals surface area contributed by atoms with Crippen LogP contribution in [0.1, 0.15) is 33.2 Å². The maximum Gasteiger partial charge on any atom is 0.274 e. The van der Waals surface area contributed by atoms with Gasteiger partial charge in [-0.1, -0.05) is 30.3 Å². The third-order valence-corrected chi connectivity index (χ3v) is 5.03. The van der Waals surface area contributed by atoms with E-state index in [4.69, 9.17) is 9.47 Å². The molecule has 0 N–H and O–H groups in total. The molecule has 6 heteroatoms. The fourth-order valence-corrected chi connectivity index (χ4v) is 3.72. The van der Waals surface area contributed by atoms with Gasteiger partial charge in [-0.25, -0.2) is 4.98 Å². The van der Waals surface area contributed by atoms with Gasteiger partial charge in [-0.3, -0.25) is 9.78 Å². The van der Waals surface area contributed by atoms with Gasteiger partial charge in [-0.2, -0.15) is 0 Å². The van der Waals surface area contributed by atoms with Crippen LogP contribution in [0.5, 0.6) is 11.5 Å². The Morgan fingerprint density at radius 3 is 2.50 bits per heavy atom. The fourth-order valence-electron chi connectivity index (χ4n) is 3.72. The summed E-state index contributed by atoms with van der Waals surface area (Å²) in [5, 5.41) is 0. The lowest BCUT2D eigenvalue weighted by Crippen LogP contribution is -2.41. The van der Waals surface area contributed by atoms with E-state index in [1.807, 2.05) is 47.4 Å². The molecule has 6 nitrogen and oxygen atoms in total. The van der Waals surface area contributed by atoms with E-state index < -0.39 is 0 Å². The number of amides is 1. The monoisotopic (exact) mass is 375 g/mol. The van der Waals surface area contributed by atoms with Crippen LogP contribution < -0.4 is 9.47 Å². The van der Waals surface area contributed by atoms with E-state index in [0.717, 1.165) is 23.1 Å². The van der Waals surface area contributed by atoms with Crippen molar-refractivity contribution < 1.29 is 14.3 Å². The molecule has 4 rings (SSSR count). The summed E-state index contributed by atoms with van der Waals surface area (Å²) < 4.78 is 11.0. The second kappa shape index (κ2) is 7.68. The van der Waals surface area contributed by atoms with E-state index in [9.17, 15) is 4.79 Å². The Bertz CT molecular complexity index is 977. The highest BCUT2D eigenvalue weighted by Gasteiger charge is 2.34. The third-order valence-electron chi connectivity index (χ3n) is 5.03. The topological polar surface area (TPSA) is 64.6 Å². The smallest absolute Gasteiger partial charge is 0.274 e. The van der Waals surface area contributed by atoms with Crippen LogP contribution in [0.3, 0.4) is 0 Å². The molecule has 0 fully saturated rings. The molecule has 1 aliphatic rings. The average Bonchev–Trinajstić information content (AvgIpc) is 2.77. The first-order chi connectivity index (χ1) is 13.7. The molecule has 3 aromatic rings. The van der Waals surface area contributed by atoms with Gasteiger partial charge in [0.05, 0.1) is 26.5 Å². The van der Waals surface area contributed by atoms with Crippen LogP contribution in [0.2, 0.25) is 0 Å². The standard InChI is InChI=1S/C22H21N3O3/c1-27-19-12-16-8-11-25(22(26)18-14-23-9-10-24-18)21(15-6-4-3-5-7-15)17(16)13-20(19)28-2/h3-7,9-10,12-14,21H,8,11H2,1-2H3/t21-/m0/s1. The zero-order valence-electron chi connectivity index (χ0n) is 15.8. The second-order valence-electron chi connectivity index (χ2n) is 6.56. The highest BCUT2D eigenvalue weighted by Crippen LogP contribution is 2.41. The first-order valence-corrected chi connectivity index (χ1v) is 9.09. The largest absolute Gasteiger partial charge is 0.493 e. The van der Waals surface area contributed by atoms with Gasteiger partial charge < -0.3 is 14.4 Å². The minimum absolute atomic E-state index is 0.137. The van der Waals surface area contributed by atoms with Gasteiger partial charge in [0, 0.05) is 18.9 Å².